The van der Waals surface area contributed by atoms with E-state index in [1.165, 1.54) is 32.4 Å². The lowest BCUT2D eigenvalue weighted by Gasteiger charge is -2.14. The molecule has 0 atom stereocenters. The normalized spacial score (nSPS) is 12.4. The van der Waals surface area contributed by atoms with E-state index in [2.05, 4.69) is 4.98 Å². The number of benzene rings is 2. The Balaban J connectivity index is 2.01. The first-order valence-corrected chi connectivity index (χ1v) is 12.0. The zero-order valence-corrected chi connectivity index (χ0v) is 18.3. The van der Waals surface area contributed by atoms with Gasteiger partial charge in [-0.1, -0.05) is 24.3 Å². The van der Waals surface area contributed by atoms with Crippen LogP contribution in [0.5, 0.6) is 0 Å². The van der Waals surface area contributed by atoms with Crippen LogP contribution in [-0.4, -0.2) is 44.8 Å². The van der Waals surface area contributed by atoms with Crippen LogP contribution in [0.3, 0.4) is 0 Å². The van der Waals surface area contributed by atoms with Crippen molar-refractivity contribution < 1.29 is 16.8 Å². The molecule has 0 fully saturated rings. The zero-order chi connectivity index (χ0) is 21.4. The molecule has 3 aromatic rings. The Morgan fingerprint density at radius 1 is 1.00 bits per heavy atom. The van der Waals surface area contributed by atoms with Gasteiger partial charge in [-0.3, -0.25) is 4.57 Å². The molecular formula is C20H23N3O4S2. The van der Waals surface area contributed by atoms with E-state index in [1.807, 2.05) is 32.0 Å². The van der Waals surface area contributed by atoms with Gasteiger partial charge in [0.2, 0.25) is 25.0 Å². The third kappa shape index (κ3) is 4.26. The largest absolute Gasteiger partial charge is 0.290 e. The first kappa shape index (κ1) is 21.2. The van der Waals surface area contributed by atoms with Crippen molar-refractivity contribution in [3.8, 4) is 5.69 Å². The Morgan fingerprint density at radius 2 is 1.72 bits per heavy atom. The van der Waals surface area contributed by atoms with E-state index in [4.69, 9.17) is 0 Å². The van der Waals surface area contributed by atoms with Crippen molar-refractivity contribution >= 4 is 19.9 Å². The maximum atomic E-state index is 13.1. The van der Waals surface area contributed by atoms with Gasteiger partial charge in [0, 0.05) is 26.5 Å². The van der Waals surface area contributed by atoms with Crippen LogP contribution >= 0.6 is 0 Å². The summed E-state index contributed by atoms with van der Waals surface area (Å²) in [5, 5.41) is -0.0768. The van der Waals surface area contributed by atoms with Crippen LogP contribution in [0.2, 0.25) is 0 Å². The summed E-state index contributed by atoms with van der Waals surface area (Å²) < 4.78 is 53.5. The molecule has 9 heteroatoms. The van der Waals surface area contributed by atoms with E-state index in [1.54, 1.807) is 22.9 Å². The monoisotopic (exact) mass is 433 g/mol. The van der Waals surface area contributed by atoms with Gasteiger partial charge in [0.05, 0.1) is 16.3 Å². The second-order valence-corrected chi connectivity index (χ2v) is 11.1. The van der Waals surface area contributed by atoms with E-state index in [0.717, 1.165) is 21.1 Å². The molecule has 0 bridgehead atoms. The third-order valence-electron chi connectivity index (χ3n) is 4.54. The molecular weight excluding hydrogens is 410 g/mol. The Bertz CT molecular complexity index is 1260. The summed E-state index contributed by atoms with van der Waals surface area (Å²) >= 11 is 0. The number of hydrogen-bond donors (Lipinski definition) is 0. The van der Waals surface area contributed by atoms with E-state index >= 15 is 0 Å². The summed E-state index contributed by atoms with van der Waals surface area (Å²) in [6.07, 6.45) is 3.06. The molecule has 0 aliphatic carbocycles. The number of sulfonamides is 1. The van der Waals surface area contributed by atoms with Crippen molar-refractivity contribution in [1.82, 2.24) is 13.9 Å². The van der Waals surface area contributed by atoms with Crippen LogP contribution in [0, 0.1) is 13.8 Å². The summed E-state index contributed by atoms with van der Waals surface area (Å²) in [5.41, 5.74) is 3.04. The maximum Gasteiger partial charge on any atom is 0.242 e. The van der Waals surface area contributed by atoms with Gasteiger partial charge in [0.25, 0.3) is 0 Å². The molecule has 7 nitrogen and oxygen atoms in total. The highest BCUT2D eigenvalue weighted by Crippen LogP contribution is 2.23. The summed E-state index contributed by atoms with van der Waals surface area (Å²) in [5.74, 6) is -0.355. The van der Waals surface area contributed by atoms with Crippen LogP contribution in [0.25, 0.3) is 5.69 Å². The first-order chi connectivity index (χ1) is 13.5. The molecule has 3 rings (SSSR count). The fourth-order valence-electron chi connectivity index (χ4n) is 2.97. The smallest absolute Gasteiger partial charge is 0.242 e. The Hall–Kier alpha value is -2.49. The quantitative estimate of drug-likeness (QED) is 0.596. The number of hydrogen-bond acceptors (Lipinski definition) is 5. The Labute approximate surface area is 171 Å². The van der Waals surface area contributed by atoms with Crippen LogP contribution in [0.1, 0.15) is 16.7 Å². The molecule has 0 amide bonds. The predicted molar refractivity (Wildman–Crippen MR) is 111 cm³/mol. The number of rotatable bonds is 6. The molecule has 0 spiro atoms. The minimum atomic E-state index is -3.82. The topological polar surface area (TPSA) is 89.3 Å². The molecule has 29 heavy (non-hydrogen) atoms. The van der Waals surface area contributed by atoms with E-state index in [-0.39, 0.29) is 15.8 Å². The van der Waals surface area contributed by atoms with Gasteiger partial charge in [0.15, 0.2) is 0 Å². The number of sulfone groups is 1. The van der Waals surface area contributed by atoms with Crippen molar-refractivity contribution in [3.05, 3.63) is 71.5 Å². The molecule has 0 saturated carbocycles. The minimum absolute atomic E-state index is 0.0491. The van der Waals surface area contributed by atoms with Crippen LogP contribution < -0.4 is 0 Å². The van der Waals surface area contributed by atoms with Crippen molar-refractivity contribution in [3.63, 3.8) is 0 Å². The second kappa shape index (κ2) is 7.74. The van der Waals surface area contributed by atoms with Crippen molar-refractivity contribution in [2.24, 2.45) is 0 Å². The summed E-state index contributed by atoms with van der Waals surface area (Å²) in [4.78, 5) is 4.13. The lowest BCUT2D eigenvalue weighted by atomic mass is 10.1. The summed E-state index contributed by atoms with van der Waals surface area (Å²) in [6.45, 7) is 3.84. The van der Waals surface area contributed by atoms with Gasteiger partial charge in [-0.15, -0.1) is 0 Å². The maximum absolute atomic E-state index is 13.1. The molecule has 1 aromatic heterocycles. The van der Waals surface area contributed by atoms with Crippen LogP contribution in [0.15, 0.2) is 64.9 Å². The fourth-order valence-corrected chi connectivity index (χ4v) is 5.37. The molecule has 154 valence electrons. The second-order valence-electron chi connectivity index (χ2n) is 7.06. The summed E-state index contributed by atoms with van der Waals surface area (Å²) in [7, 11) is -4.61. The number of aryl methyl sites for hydroxylation is 2. The SMILES string of the molecule is Cc1ccc(C)c(-n2ccnc2S(=O)(=O)Cc2cccc(S(=O)(=O)N(C)C)c2)c1. The molecule has 2 aromatic carbocycles. The lowest BCUT2D eigenvalue weighted by Crippen LogP contribution is -2.22. The van der Waals surface area contributed by atoms with Crippen molar-refractivity contribution in [1.29, 1.82) is 0 Å². The number of nitrogens with zero attached hydrogens (tertiary/aromatic N) is 3. The van der Waals surface area contributed by atoms with Crippen molar-refractivity contribution in [2.75, 3.05) is 14.1 Å². The minimum Gasteiger partial charge on any atom is -0.290 e. The van der Waals surface area contributed by atoms with Gasteiger partial charge in [-0.25, -0.2) is 26.1 Å². The lowest BCUT2D eigenvalue weighted by molar-refractivity contribution is 0.520. The fraction of sp³-hybridized carbons (Fsp3) is 0.250. The number of aromatic nitrogens is 2. The Kier molecular flexibility index (Phi) is 5.66. The molecule has 0 aliphatic rings. The standard InChI is InChI=1S/C20H23N3O4S2/c1-15-8-9-16(2)19(12-15)23-11-10-21-20(23)28(24,25)14-17-6-5-7-18(13-17)29(26,27)22(3)4/h5-13H,14H2,1-4H3. The zero-order valence-electron chi connectivity index (χ0n) is 16.7. The highest BCUT2D eigenvalue weighted by atomic mass is 32.2. The number of imidazole rings is 1. The van der Waals surface area contributed by atoms with E-state index < -0.39 is 19.9 Å². The van der Waals surface area contributed by atoms with Crippen molar-refractivity contribution in [2.45, 2.75) is 29.7 Å². The van der Waals surface area contributed by atoms with Gasteiger partial charge in [-0.2, -0.15) is 0 Å². The molecule has 0 N–H and O–H groups in total. The van der Waals surface area contributed by atoms with E-state index in [9.17, 15) is 16.8 Å². The average molecular weight is 434 g/mol. The van der Waals surface area contributed by atoms with Crippen LogP contribution in [-0.2, 0) is 25.6 Å². The van der Waals surface area contributed by atoms with Gasteiger partial charge in [-0.05, 0) is 48.7 Å². The third-order valence-corrected chi connectivity index (χ3v) is 7.93. The van der Waals surface area contributed by atoms with E-state index in [0.29, 0.717) is 5.56 Å². The molecule has 1 heterocycles. The average Bonchev–Trinajstić information content (AvgIpc) is 3.14. The highest BCUT2D eigenvalue weighted by Gasteiger charge is 2.24. The van der Waals surface area contributed by atoms with Crippen LogP contribution in [0.4, 0.5) is 0 Å². The van der Waals surface area contributed by atoms with Gasteiger partial charge < -0.3 is 0 Å². The molecule has 0 saturated heterocycles. The molecule has 0 unspecified atom stereocenters. The molecule has 0 aliphatic heterocycles. The first-order valence-electron chi connectivity index (χ1n) is 8.87. The van der Waals surface area contributed by atoms with Gasteiger partial charge >= 0.3 is 0 Å². The molecule has 0 radical (unpaired) electrons. The predicted octanol–water partition coefficient (Wildman–Crippen LogP) is 2.71. The summed E-state index contributed by atoms with van der Waals surface area (Å²) in [6, 6.07) is 11.8. The Morgan fingerprint density at radius 3 is 2.41 bits per heavy atom. The van der Waals surface area contributed by atoms with Gasteiger partial charge in [0.1, 0.15) is 0 Å². The highest BCUT2D eigenvalue weighted by molar-refractivity contribution is 7.90.